The predicted octanol–water partition coefficient (Wildman–Crippen LogP) is 2.13. The summed E-state index contributed by atoms with van der Waals surface area (Å²) in [5, 5.41) is 0. The third kappa shape index (κ3) is 5.65. The highest BCUT2D eigenvalue weighted by atomic mass is 32.2. The Bertz CT molecular complexity index is 533. The van der Waals surface area contributed by atoms with Crippen LogP contribution in [0, 0.1) is 5.41 Å². The topological polar surface area (TPSA) is 81.4 Å². The van der Waals surface area contributed by atoms with Crippen LogP contribution in [0.4, 0.5) is 0 Å². The van der Waals surface area contributed by atoms with Crippen molar-refractivity contribution in [2.75, 3.05) is 13.2 Å². The highest BCUT2D eigenvalue weighted by Gasteiger charge is 2.25. The van der Waals surface area contributed by atoms with Crippen LogP contribution in [-0.2, 0) is 10.0 Å². The molecular weight excluding hydrogens is 288 g/mol. The summed E-state index contributed by atoms with van der Waals surface area (Å²) in [6.07, 6.45) is 0.769. The number of hydrogen-bond acceptors (Lipinski definition) is 4. The fraction of sp³-hybridized carbons (Fsp3) is 0.600. The van der Waals surface area contributed by atoms with Gasteiger partial charge in [0.15, 0.2) is 0 Å². The molecule has 6 heteroatoms. The third-order valence-electron chi connectivity index (χ3n) is 3.38. The van der Waals surface area contributed by atoms with Crippen LogP contribution in [0.2, 0.25) is 0 Å². The summed E-state index contributed by atoms with van der Waals surface area (Å²) < 4.78 is 32.7. The molecule has 0 saturated carbocycles. The molecule has 0 radical (unpaired) electrons. The molecule has 0 aliphatic rings. The Labute approximate surface area is 127 Å². The van der Waals surface area contributed by atoms with Crippen LogP contribution in [0.1, 0.15) is 34.1 Å². The van der Waals surface area contributed by atoms with Gasteiger partial charge in [-0.3, -0.25) is 0 Å². The summed E-state index contributed by atoms with van der Waals surface area (Å²) in [6, 6.07) is 6.26. The van der Waals surface area contributed by atoms with Crippen molar-refractivity contribution in [1.29, 1.82) is 0 Å². The van der Waals surface area contributed by atoms with Crippen LogP contribution in [0.15, 0.2) is 29.2 Å². The molecule has 0 aliphatic heterocycles. The lowest BCUT2D eigenvalue weighted by Crippen LogP contribution is -2.41. The Kier molecular flexibility index (Phi) is 6.19. The molecule has 0 aliphatic carbocycles. The number of hydrogen-bond donors (Lipinski definition) is 2. The number of sulfonamides is 1. The van der Waals surface area contributed by atoms with Crippen molar-refractivity contribution in [2.45, 2.75) is 45.1 Å². The van der Waals surface area contributed by atoms with Gasteiger partial charge in [-0.2, -0.15) is 0 Å². The number of nitrogens with two attached hydrogens (primary N) is 1. The van der Waals surface area contributed by atoms with E-state index in [1.54, 1.807) is 24.3 Å². The van der Waals surface area contributed by atoms with Crippen molar-refractivity contribution < 1.29 is 13.2 Å². The minimum Gasteiger partial charge on any atom is -0.494 e. The maximum atomic E-state index is 12.3. The van der Waals surface area contributed by atoms with E-state index in [0.29, 0.717) is 18.9 Å². The first-order valence-electron chi connectivity index (χ1n) is 7.12. The fourth-order valence-corrected chi connectivity index (χ4v) is 2.92. The second kappa shape index (κ2) is 7.24. The quantitative estimate of drug-likeness (QED) is 0.755. The monoisotopic (exact) mass is 314 g/mol. The minimum absolute atomic E-state index is 0.141. The van der Waals surface area contributed by atoms with Crippen LogP contribution in [0.5, 0.6) is 5.75 Å². The Balaban J connectivity index is 2.76. The second-order valence-electron chi connectivity index (χ2n) is 6.17. The van der Waals surface area contributed by atoms with Gasteiger partial charge in [-0.25, -0.2) is 13.1 Å². The molecule has 0 spiro atoms. The van der Waals surface area contributed by atoms with Gasteiger partial charge in [0.1, 0.15) is 5.75 Å². The van der Waals surface area contributed by atoms with Crippen LogP contribution < -0.4 is 15.2 Å². The maximum absolute atomic E-state index is 12.3. The van der Waals surface area contributed by atoms with Gasteiger partial charge in [-0.1, -0.05) is 20.8 Å². The Morgan fingerprint density at radius 3 is 2.29 bits per heavy atom. The molecule has 1 aromatic rings. The van der Waals surface area contributed by atoms with Crippen molar-refractivity contribution in [2.24, 2.45) is 11.1 Å². The molecule has 1 aromatic carbocycles. The van der Waals surface area contributed by atoms with E-state index in [1.165, 1.54) is 0 Å². The first-order valence-corrected chi connectivity index (χ1v) is 8.60. The van der Waals surface area contributed by atoms with Gasteiger partial charge in [0.05, 0.1) is 11.5 Å². The van der Waals surface area contributed by atoms with E-state index in [1.807, 2.05) is 27.7 Å². The molecule has 21 heavy (non-hydrogen) atoms. The molecule has 0 heterocycles. The summed E-state index contributed by atoms with van der Waals surface area (Å²) in [5.74, 6) is 0.645. The highest BCUT2D eigenvalue weighted by Crippen LogP contribution is 2.22. The normalized spacial score (nSPS) is 14.0. The second-order valence-corrected chi connectivity index (χ2v) is 7.89. The lowest BCUT2D eigenvalue weighted by molar-refractivity contribution is 0.313. The highest BCUT2D eigenvalue weighted by molar-refractivity contribution is 7.89. The van der Waals surface area contributed by atoms with Gasteiger partial charge in [0, 0.05) is 6.04 Å². The molecule has 3 N–H and O–H groups in total. The molecule has 1 rings (SSSR count). The Morgan fingerprint density at radius 1 is 1.24 bits per heavy atom. The SMILES string of the molecule is CC(NS(=O)(=O)c1ccc(OCCCN)cc1)C(C)(C)C. The standard InChI is InChI=1S/C15H26N2O3S/c1-12(15(2,3)4)17-21(18,19)14-8-6-13(7-9-14)20-11-5-10-16/h6-9,12,17H,5,10-11,16H2,1-4H3. The summed E-state index contributed by atoms with van der Waals surface area (Å²) in [7, 11) is -3.51. The zero-order chi connectivity index (χ0) is 16.1. The minimum atomic E-state index is -3.51. The van der Waals surface area contributed by atoms with E-state index in [-0.39, 0.29) is 16.4 Å². The van der Waals surface area contributed by atoms with E-state index in [2.05, 4.69) is 4.72 Å². The van der Waals surface area contributed by atoms with Gasteiger partial charge in [-0.15, -0.1) is 0 Å². The zero-order valence-electron chi connectivity index (χ0n) is 13.2. The Hall–Kier alpha value is -1.11. The summed E-state index contributed by atoms with van der Waals surface area (Å²) in [4.78, 5) is 0.241. The molecule has 0 fully saturated rings. The van der Waals surface area contributed by atoms with Crippen molar-refractivity contribution in [3.8, 4) is 5.75 Å². The zero-order valence-corrected chi connectivity index (χ0v) is 14.0. The molecule has 0 bridgehead atoms. The molecule has 120 valence electrons. The van der Waals surface area contributed by atoms with E-state index < -0.39 is 10.0 Å². The molecule has 5 nitrogen and oxygen atoms in total. The Morgan fingerprint density at radius 2 is 1.81 bits per heavy atom. The number of ether oxygens (including phenoxy) is 1. The average molecular weight is 314 g/mol. The van der Waals surface area contributed by atoms with Crippen molar-refractivity contribution >= 4 is 10.0 Å². The van der Waals surface area contributed by atoms with Gasteiger partial charge in [0.25, 0.3) is 0 Å². The number of rotatable bonds is 7. The van der Waals surface area contributed by atoms with Crippen molar-refractivity contribution in [1.82, 2.24) is 4.72 Å². The van der Waals surface area contributed by atoms with Gasteiger partial charge in [0.2, 0.25) is 10.0 Å². The fourth-order valence-electron chi connectivity index (χ4n) is 1.47. The lowest BCUT2D eigenvalue weighted by atomic mass is 9.89. The van der Waals surface area contributed by atoms with E-state index in [4.69, 9.17) is 10.5 Å². The van der Waals surface area contributed by atoms with Crippen LogP contribution >= 0.6 is 0 Å². The molecular formula is C15H26N2O3S. The van der Waals surface area contributed by atoms with E-state index in [9.17, 15) is 8.42 Å². The molecule has 0 amide bonds. The number of benzene rings is 1. The molecule has 0 saturated heterocycles. The van der Waals surface area contributed by atoms with Crippen molar-refractivity contribution in [3.63, 3.8) is 0 Å². The summed E-state index contributed by atoms with van der Waals surface area (Å²) in [5.41, 5.74) is 5.25. The van der Waals surface area contributed by atoms with Gasteiger partial charge in [-0.05, 0) is 49.6 Å². The molecule has 0 aromatic heterocycles. The van der Waals surface area contributed by atoms with Gasteiger partial charge < -0.3 is 10.5 Å². The average Bonchev–Trinajstić information content (AvgIpc) is 2.38. The number of nitrogens with one attached hydrogen (secondary N) is 1. The smallest absolute Gasteiger partial charge is 0.240 e. The molecule has 1 unspecified atom stereocenters. The van der Waals surface area contributed by atoms with Crippen LogP contribution in [0.25, 0.3) is 0 Å². The van der Waals surface area contributed by atoms with E-state index in [0.717, 1.165) is 6.42 Å². The van der Waals surface area contributed by atoms with Crippen LogP contribution in [0.3, 0.4) is 0 Å². The lowest BCUT2D eigenvalue weighted by Gasteiger charge is -2.27. The van der Waals surface area contributed by atoms with E-state index >= 15 is 0 Å². The molecule has 1 atom stereocenters. The van der Waals surface area contributed by atoms with Crippen LogP contribution in [-0.4, -0.2) is 27.6 Å². The first-order chi connectivity index (χ1) is 9.66. The summed E-state index contributed by atoms with van der Waals surface area (Å²) >= 11 is 0. The maximum Gasteiger partial charge on any atom is 0.240 e. The van der Waals surface area contributed by atoms with Gasteiger partial charge >= 0.3 is 0 Å². The third-order valence-corrected chi connectivity index (χ3v) is 4.94. The van der Waals surface area contributed by atoms with Crippen molar-refractivity contribution in [3.05, 3.63) is 24.3 Å². The predicted molar refractivity (Wildman–Crippen MR) is 84.8 cm³/mol. The largest absolute Gasteiger partial charge is 0.494 e. The summed E-state index contributed by atoms with van der Waals surface area (Å²) in [6.45, 7) is 8.95. The first kappa shape index (κ1) is 17.9.